The van der Waals surface area contributed by atoms with Gasteiger partial charge < -0.3 is 10.1 Å². The summed E-state index contributed by atoms with van der Waals surface area (Å²) < 4.78 is 5.86. The van der Waals surface area contributed by atoms with Crippen LogP contribution >= 0.6 is 0 Å². The van der Waals surface area contributed by atoms with Gasteiger partial charge >= 0.3 is 0 Å². The van der Waals surface area contributed by atoms with Crippen LogP contribution in [0.15, 0.2) is 73.1 Å². The Labute approximate surface area is 185 Å². The third-order valence-corrected chi connectivity index (χ3v) is 5.21. The van der Waals surface area contributed by atoms with Gasteiger partial charge in [-0.25, -0.2) is 0 Å². The van der Waals surface area contributed by atoms with Gasteiger partial charge in [0.05, 0.1) is 6.04 Å². The number of nitrogens with zero attached hydrogens (tertiary/aromatic N) is 1. The van der Waals surface area contributed by atoms with Crippen molar-refractivity contribution in [2.75, 3.05) is 0 Å². The molecule has 1 aromatic heterocycles. The molecule has 4 nitrogen and oxygen atoms in total. The average molecular weight is 417 g/mol. The highest BCUT2D eigenvalue weighted by atomic mass is 16.5. The maximum Gasteiger partial charge on any atom is 0.252 e. The molecule has 1 heterocycles. The zero-order chi connectivity index (χ0) is 22.1. The molecule has 31 heavy (non-hydrogen) atoms. The molecule has 3 aromatic rings. The summed E-state index contributed by atoms with van der Waals surface area (Å²) >= 11 is 0. The number of carbonyl (C=O) groups excluding carboxylic acids is 1. The third kappa shape index (κ3) is 6.68. The first-order chi connectivity index (χ1) is 15.1. The van der Waals surface area contributed by atoms with Gasteiger partial charge in [-0.2, -0.15) is 0 Å². The summed E-state index contributed by atoms with van der Waals surface area (Å²) in [6, 6.07) is 19.9. The number of hydrogen-bond donors (Lipinski definition) is 1. The summed E-state index contributed by atoms with van der Waals surface area (Å²) in [5.74, 6) is 1.21. The Bertz CT molecular complexity index is 955. The molecule has 0 bridgehead atoms. The van der Waals surface area contributed by atoms with Crippen LogP contribution in [0.3, 0.4) is 0 Å². The maximum atomic E-state index is 13.4. The number of aryl methyl sites for hydroxylation is 1. The summed E-state index contributed by atoms with van der Waals surface area (Å²) in [5, 5.41) is 3.29. The molecule has 0 spiro atoms. The highest BCUT2D eigenvalue weighted by Gasteiger charge is 2.19. The number of rotatable bonds is 10. The fourth-order valence-corrected chi connectivity index (χ4v) is 3.68. The minimum atomic E-state index is -0.0243. The van der Waals surface area contributed by atoms with Gasteiger partial charge in [-0.15, -0.1) is 0 Å². The molecule has 162 valence electrons. The highest BCUT2D eigenvalue weighted by Crippen LogP contribution is 2.23. The lowest BCUT2D eigenvalue weighted by Crippen LogP contribution is -2.30. The molecule has 0 radical (unpaired) electrons. The number of carbonyl (C=O) groups is 1. The van der Waals surface area contributed by atoms with E-state index in [0.29, 0.717) is 12.5 Å². The molecule has 1 unspecified atom stereocenters. The number of hydrogen-bond acceptors (Lipinski definition) is 3. The second-order valence-electron chi connectivity index (χ2n) is 8.28. The van der Waals surface area contributed by atoms with Crippen LogP contribution in [0.5, 0.6) is 5.75 Å². The van der Waals surface area contributed by atoms with E-state index in [-0.39, 0.29) is 11.9 Å². The topological polar surface area (TPSA) is 51.2 Å². The minimum absolute atomic E-state index is 0.0140. The van der Waals surface area contributed by atoms with Crippen LogP contribution in [0.4, 0.5) is 0 Å². The van der Waals surface area contributed by atoms with E-state index in [1.54, 1.807) is 12.4 Å². The van der Waals surface area contributed by atoms with E-state index in [4.69, 9.17) is 4.74 Å². The van der Waals surface area contributed by atoms with Gasteiger partial charge in [-0.1, -0.05) is 69.7 Å². The lowest BCUT2D eigenvalue weighted by Gasteiger charge is -2.22. The molecule has 0 saturated heterocycles. The first-order valence-corrected chi connectivity index (χ1v) is 11.1. The van der Waals surface area contributed by atoms with E-state index in [1.807, 2.05) is 42.5 Å². The molecule has 0 saturated carbocycles. The summed E-state index contributed by atoms with van der Waals surface area (Å²) in [6.07, 6.45) is 6.16. The quantitative estimate of drug-likeness (QED) is 0.432. The molecule has 4 heteroatoms. The number of amides is 1. The van der Waals surface area contributed by atoms with Crippen molar-refractivity contribution in [3.8, 4) is 5.75 Å². The first-order valence-electron chi connectivity index (χ1n) is 11.1. The van der Waals surface area contributed by atoms with E-state index < -0.39 is 0 Å². The number of pyridine rings is 1. The van der Waals surface area contributed by atoms with Gasteiger partial charge in [0.25, 0.3) is 5.91 Å². The summed E-state index contributed by atoms with van der Waals surface area (Å²) in [7, 11) is 0. The molecule has 3 rings (SSSR count). The Balaban J connectivity index is 1.81. The number of benzene rings is 2. The van der Waals surface area contributed by atoms with Gasteiger partial charge in [-0.3, -0.25) is 9.78 Å². The Morgan fingerprint density at radius 1 is 1.03 bits per heavy atom. The van der Waals surface area contributed by atoms with Crippen LogP contribution < -0.4 is 10.1 Å². The fraction of sp³-hybridized carbons (Fsp3) is 0.333. The first kappa shape index (κ1) is 22.5. The van der Waals surface area contributed by atoms with E-state index >= 15 is 0 Å². The molecular weight excluding hydrogens is 384 g/mol. The molecule has 0 aliphatic carbocycles. The van der Waals surface area contributed by atoms with Crippen LogP contribution in [0, 0.1) is 5.92 Å². The van der Waals surface area contributed by atoms with Gasteiger partial charge in [0, 0.05) is 18.0 Å². The molecule has 0 fully saturated rings. The van der Waals surface area contributed by atoms with Crippen molar-refractivity contribution in [2.45, 2.75) is 52.7 Å². The Kier molecular flexibility index (Phi) is 8.22. The van der Waals surface area contributed by atoms with E-state index in [0.717, 1.165) is 47.3 Å². The van der Waals surface area contributed by atoms with Crippen molar-refractivity contribution in [2.24, 2.45) is 5.92 Å². The second kappa shape index (κ2) is 11.3. The average Bonchev–Trinajstić information content (AvgIpc) is 2.79. The van der Waals surface area contributed by atoms with Crippen molar-refractivity contribution >= 4 is 5.91 Å². The SMILES string of the molecule is CCCc1ccc(COc2ccncc2)cc1C(=O)NC(CC(C)C)c1ccccc1. The number of aromatic nitrogens is 1. The molecule has 1 atom stereocenters. The normalized spacial score (nSPS) is 11.9. The fourth-order valence-electron chi connectivity index (χ4n) is 3.68. The largest absolute Gasteiger partial charge is 0.489 e. The minimum Gasteiger partial charge on any atom is -0.489 e. The Morgan fingerprint density at radius 3 is 2.45 bits per heavy atom. The number of nitrogens with one attached hydrogen (secondary N) is 1. The highest BCUT2D eigenvalue weighted by molar-refractivity contribution is 5.96. The molecule has 0 aliphatic rings. The predicted octanol–water partition coefficient (Wildman–Crippen LogP) is 6.13. The number of ether oxygens (including phenoxy) is 1. The van der Waals surface area contributed by atoms with E-state index in [2.05, 4.69) is 49.3 Å². The summed E-state index contributed by atoms with van der Waals surface area (Å²) in [4.78, 5) is 17.4. The van der Waals surface area contributed by atoms with Gasteiger partial charge in [0.2, 0.25) is 0 Å². The zero-order valence-corrected chi connectivity index (χ0v) is 18.7. The van der Waals surface area contributed by atoms with Crippen LogP contribution in [-0.4, -0.2) is 10.9 Å². The molecule has 1 N–H and O–H groups in total. The molecule has 2 aromatic carbocycles. The van der Waals surface area contributed by atoms with E-state index in [9.17, 15) is 4.79 Å². The molecule has 0 aliphatic heterocycles. The van der Waals surface area contributed by atoms with E-state index in [1.165, 1.54) is 0 Å². The second-order valence-corrected chi connectivity index (χ2v) is 8.28. The van der Waals surface area contributed by atoms with Crippen molar-refractivity contribution < 1.29 is 9.53 Å². The van der Waals surface area contributed by atoms with Crippen molar-refractivity contribution in [1.82, 2.24) is 10.3 Å². The van der Waals surface area contributed by atoms with Gasteiger partial charge in [-0.05, 0) is 53.6 Å². The zero-order valence-electron chi connectivity index (χ0n) is 18.7. The third-order valence-electron chi connectivity index (χ3n) is 5.21. The predicted molar refractivity (Wildman–Crippen MR) is 125 cm³/mol. The van der Waals surface area contributed by atoms with Crippen molar-refractivity contribution in [3.05, 3.63) is 95.3 Å². The Hall–Kier alpha value is -3.14. The van der Waals surface area contributed by atoms with Crippen LogP contribution in [0.25, 0.3) is 0 Å². The molecular formula is C27H32N2O2. The Morgan fingerprint density at radius 2 is 1.77 bits per heavy atom. The lowest BCUT2D eigenvalue weighted by atomic mass is 9.95. The monoisotopic (exact) mass is 416 g/mol. The standard InChI is InChI=1S/C27H32N2O2/c1-4-8-22-12-11-21(19-31-24-13-15-28-16-14-24)18-25(22)27(30)29-26(17-20(2)3)23-9-6-5-7-10-23/h5-7,9-16,18,20,26H,4,8,17,19H2,1-3H3,(H,29,30). The summed E-state index contributed by atoms with van der Waals surface area (Å²) in [6.45, 7) is 6.90. The van der Waals surface area contributed by atoms with Crippen LogP contribution in [0.1, 0.15) is 66.7 Å². The van der Waals surface area contributed by atoms with Gasteiger partial charge in [0.1, 0.15) is 12.4 Å². The van der Waals surface area contributed by atoms with Crippen molar-refractivity contribution in [3.63, 3.8) is 0 Å². The lowest BCUT2D eigenvalue weighted by molar-refractivity contribution is 0.0931. The molecule has 1 amide bonds. The van der Waals surface area contributed by atoms with Crippen LogP contribution in [-0.2, 0) is 13.0 Å². The maximum absolute atomic E-state index is 13.4. The summed E-state index contributed by atoms with van der Waals surface area (Å²) in [5.41, 5.74) is 3.92. The smallest absolute Gasteiger partial charge is 0.252 e. The van der Waals surface area contributed by atoms with Gasteiger partial charge in [0.15, 0.2) is 0 Å². The van der Waals surface area contributed by atoms with Crippen molar-refractivity contribution in [1.29, 1.82) is 0 Å². The van der Waals surface area contributed by atoms with Crippen LogP contribution in [0.2, 0.25) is 0 Å².